The number of rotatable bonds is 12. The lowest BCUT2D eigenvalue weighted by atomic mass is 9.82. The monoisotopic (exact) mass is 777 g/mol. The van der Waals surface area contributed by atoms with Crippen molar-refractivity contribution in [1.29, 1.82) is 0 Å². The van der Waals surface area contributed by atoms with Crippen LogP contribution >= 0.6 is 0 Å². The second kappa shape index (κ2) is 15.5. The van der Waals surface area contributed by atoms with E-state index >= 15 is 8.90 Å². The Hall–Kier alpha value is -5.57. The molecule has 0 aromatic heterocycles. The van der Waals surface area contributed by atoms with E-state index in [0.717, 1.165) is 16.8 Å². The number of nitro groups is 1. The Labute approximate surface area is 325 Å². The molecule has 3 aliphatic heterocycles. The zero-order chi connectivity index (χ0) is 39.8. The Balaban J connectivity index is 1.23. The summed E-state index contributed by atoms with van der Waals surface area (Å²) in [7, 11) is -3.68. The molecular formula is C42H44FN5O7Si. The number of hydrazone groups is 1. The number of nitro benzene ring substituents is 1. The molecule has 4 aromatic rings. The van der Waals surface area contributed by atoms with Crippen LogP contribution in [0.2, 0.25) is 18.6 Å². The number of fused-ring (bicyclic) bond motifs is 2. The third-order valence-electron chi connectivity index (χ3n) is 11.1. The van der Waals surface area contributed by atoms with Gasteiger partial charge in [0.25, 0.3) is 11.6 Å². The van der Waals surface area contributed by atoms with Gasteiger partial charge in [-0.05, 0) is 48.0 Å². The first-order valence-electron chi connectivity index (χ1n) is 18.8. The summed E-state index contributed by atoms with van der Waals surface area (Å²) in [6.07, 6.45) is -0.500. The zero-order valence-electron chi connectivity index (χ0n) is 31.5. The van der Waals surface area contributed by atoms with Gasteiger partial charge in [-0.1, -0.05) is 79.7 Å². The van der Waals surface area contributed by atoms with Gasteiger partial charge in [-0.15, -0.1) is 0 Å². The summed E-state index contributed by atoms with van der Waals surface area (Å²) in [5.74, 6) is -1.85. The van der Waals surface area contributed by atoms with Gasteiger partial charge in [0.2, 0.25) is 20.2 Å². The average molecular weight is 778 g/mol. The lowest BCUT2D eigenvalue weighted by Gasteiger charge is -2.31. The molecule has 3 aliphatic rings. The fourth-order valence-corrected chi connectivity index (χ4v) is 11.1. The number of halogens is 1. The summed E-state index contributed by atoms with van der Waals surface area (Å²) in [6.45, 7) is 4.77. The van der Waals surface area contributed by atoms with Gasteiger partial charge in [-0.3, -0.25) is 24.5 Å². The molecule has 0 aliphatic carbocycles. The first-order valence-corrected chi connectivity index (χ1v) is 21.7. The lowest BCUT2D eigenvalue weighted by Crippen LogP contribution is -2.45. The number of hydrogen-bond donors (Lipinski definition) is 1. The first kappa shape index (κ1) is 38.7. The second-order valence-corrected chi connectivity index (χ2v) is 18.9. The van der Waals surface area contributed by atoms with Crippen molar-refractivity contribution in [3.63, 3.8) is 0 Å². The molecule has 1 spiro atoms. The van der Waals surface area contributed by atoms with E-state index in [1.165, 1.54) is 46.1 Å². The van der Waals surface area contributed by atoms with E-state index in [0.29, 0.717) is 23.4 Å². The molecule has 0 bridgehead atoms. The maximum atomic E-state index is 16.5. The van der Waals surface area contributed by atoms with Crippen LogP contribution in [0, 0.1) is 16.0 Å². The van der Waals surface area contributed by atoms with Crippen LogP contribution in [0.15, 0.2) is 108 Å². The van der Waals surface area contributed by atoms with E-state index in [1.54, 1.807) is 25.1 Å². The molecule has 1 N–H and O–H groups in total. The Morgan fingerprint density at radius 1 is 1.00 bits per heavy atom. The Bertz CT molecular complexity index is 2180. The van der Waals surface area contributed by atoms with Gasteiger partial charge < -0.3 is 23.8 Å². The second-order valence-electron chi connectivity index (χ2n) is 15.1. The van der Waals surface area contributed by atoms with Crippen molar-refractivity contribution < 1.29 is 33.3 Å². The van der Waals surface area contributed by atoms with Crippen LogP contribution in [-0.4, -0.2) is 66.0 Å². The summed E-state index contributed by atoms with van der Waals surface area (Å²) in [4.78, 5) is 56.6. The highest BCUT2D eigenvalue weighted by Gasteiger charge is 2.67. The van der Waals surface area contributed by atoms with Crippen LogP contribution in [0.4, 0.5) is 21.2 Å². The van der Waals surface area contributed by atoms with Crippen LogP contribution in [0.3, 0.4) is 0 Å². The molecule has 0 radical (unpaired) electrons. The van der Waals surface area contributed by atoms with Crippen molar-refractivity contribution in [3.8, 4) is 0 Å². The molecular weight excluding hydrogens is 734 g/mol. The lowest BCUT2D eigenvalue weighted by molar-refractivity contribution is -0.385. The van der Waals surface area contributed by atoms with Crippen LogP contribution in [0.25, 0.3) is 0 Å². The third kappa shape index (κ3) is 7.27. The van der Waals surface area contributed by atoms with Gasteiger partial charge >= 0.3 is 0 Å². The number of anilines is 2. The highest BCUT2D eigenvalue weighted by atomic mass is 28.4. The number of aliphatic hydroxyl groups excluding tert-OH is 1. The fraction of sp³-hybridized carbons (Fsp3) is 0.333. The number of carbonyl (C=O) groups is 3. The third-order valence-corrected chi connectivity index (χ3v) is 13.6. The predicted molar refractivity (Wildman–Crippen MR) is 212 cm³/mol. The molecule has 12 nitrogen and oxygen atoms in total. The quantitative estimate of drug-likeness (QED) is 0.0716. The average Bonchev–Trinajstić information content (AvgIpc) is 3.61. The number of aliphatic hydroxyl groups is 1. The zero-order valence-corrected chi connectivity index (χ0v) is 32.5. The van der Waals surface area contributed by atoms with E-state index in [2.05, 4.69) is 0 Å². The molecule has 3 heterocycles. The Kier molecular flexibility index (Phi) is 10.7. The van der Waals surface area contributed by atoms with Crippen molar-refractivity contribution in [1.82, 2.24) is 4.90 Å². The van der Waals surface area contributed by atoms with Gasteiger partial charge in [0.05, 0.1) is 47.7 Å². The van der Waals surface area contributed by atoms with Gasteiger partial charge in [0.1, 0.15) is 0 Å². The maximum Gasteiger partial charge on any atom is 0.269 e. The van der Waals surface area contributed by atoms with Crippen LogP contribution in [0.5, 0.6) is 0 Å². The molecule has 1 fully saturated rings. The van der Waals surface area contributed by atoms with E-state index in [4.69, 9.17) is 9.84 Å². The number of amides is 3. The molecule has 290 valence electrons. The summed E-state index contributed by atoms with van der Waals surface area (Å²) in [6, 6.07) is 30.2. The molecule has 3 amide bonds. The standard InChI is InChI=1S/C42H44FN5O7Si/c1-28-40(56(2,3)43)37(25-39(51)45(21-22-49)26-29-11-6-4-7-12-29)55-42(28)34-24-33(48(53)54)17-19-36(34)46(41(42)52)27-30-13-10-16-32(23-30)47-38(50)20-18-35(44-47)31-14-8-5-9-15-31/h4-17,19,23-24,28,37,40,49H,18,20-22,25-27H2,1-3H3/t28-,37+,40-,42+/m0/s1. The highest BCUT2D eigenvalue weighted by molar-refractivity contribution is 6.72. The number of benzene rings is 4. The van der Waals surface area contributed by atoms with Crippen LogP contribution < -0.4 is 9.91 Å². The fourth-order valence-electron chi connectivity index (χ4n) is 8.58. The summed E-state index contributed by atoms with van der Waals surface area (Å²) in [5, 5.41) is 28.0. The summed E-state index contributed by atoms with van der Waals surface area (Å²) < 4.78 is 23.3. The smallest absolute Gasteiger partial charge is 0.269 e. The minimum atomic E-state index is -3.68. The number of non-ortho nitro benzene ring substituents is 1. The molecule has 14 heteroatoms. The van der Waals surface area contributed by atoms with E-state index < -0.39 is 42.4 Å². The van der Waals surface area contributed by atoms with Crippen LogP contribution in [0.1, 0.15) is 48.4 Å². The van der Waals surface area contributed by atoms with Crippen molar-refractivity contribution >= 4 is 48.9 Å². The number of nitrogens with zero attached hydrogens (tertiary/aromatic N) is 5. The number of hydrogen-bond acceptors (Lipinski definition) is 8. The number of ether oxygens (including phenoxy) is 1. The van der Waals surface area contributed by atoms with Crippen molar-refractivity contribution in [2.45, 2.75) is 69.6 Å². The topological polar surface area (TPSA) is 146 Å². The van der Waals surface area contributed by atoms with Gasteiger partial charge in [0, 0.05) is 55.1 Å². The highest BCUT2D eigenvalue weighted by Crippen LogP contribution is 2.60. The van der Waals surface area contributed by atoms with Crippen molar-refractivity contribution in [2.75, 3.05) is 23.1 Å². The predicted octanol–water partition coefficient (Wildman–Crippen LogP) is 6.86. The van der Waals surface area contributed by atoms with E-state index in [9.17, 15) is 24.8 Å². The SMILES string of the molecule is C[C@H]1[C@H]([Si](C)(C)F)[C@@H](CC(=O)N(CCO)Cc2ccccc2)O[C@]12C(=O)N(Cc1cccc(N3N=C(c4ccccc4)CCC3=O)c1)c1ccc([N+](=O)[O-])cc12. The normalized spacial score (nSPS) is 22.0. The van der Waals surface area contributed by atoms with Gasteiger partial charge in [-0.25, -0.2) is 5.01 Å². The summed E-state index contributed by atoms with van der Waals surface area (Å²) >= 11 is 0. The molecule has 0 unspecified atom stereocenters. The Morgan fingerprint density at radius 2 is 1.70 bits per heavy atom. The van der Waals surface area contributed by atoms with E-state index in [1.807, 2.05) is 66.7 Å². The molecule has 4 aromatic carbocycles. The van der Waals surface area contributed by atoms with Gasteiger partial charge in [-0.2, -0.15) is 5.10 Å². The van der Waals surface area contributed by atoms with Crippen molar-refractivity contribution in [2.24, 2.45) is 11.0 Å². The summed E-state index contributed by atoms with van der Waals surface area (Å²) in [5.41, 5.74) is 1.44. The molecule has 0 saturated carbocycles. The first-order chi connectivity index (χ1) is 26.8. The van der Waals surface area contributed by atoms with Crippen LogP contribution in [-0.2, 0) is 37.8 Å². The van der Waals surface area contributed by atoms with Crippen molar-refractivity contribution in [3.05, 3.63) is 135 Å². The van der Waals surface area contributed by atoms with Gasteiger partial charge in [0.15, 0.2) is 5.60 Å². The molecule has 4 atom stereocenters. The minimum absolute atomic E-state index is 0.0126. The maximum absolute atomic E-state index is 16.5. The molecule has 1 saturated heterocycles. The largest absolute Gasteiger partial charge is 0.395 e. The molecule has 7 rings (SSSR count). The molecule has 56 heavy (non-hydrogen) atoms. The van der Waals surface area contributed by atoms with E-state index in [-0.39, 0.29) is 62.1 Å². The minimum Gasteiger partial charge on any atom is -0.395 e. The number of carbonyl (C=O) groups excluding carboxylic acids is 3. The Morgan fingerprint density at radius 3 is 2.38 bits per heavy atom.